The van der Waals surface area contributed by atoms with E-state index in [9.17, 15) is 13.5 Å². The fourth-order valence-corrected chi connectivity index (χ4v) is 7.23. The molecule has 1 fully saturated rings. The molecule has 2 heterocycles. The first kappa shape index (κ1) is 26.6. The molecule has 7 nitrogen and oxygen atoms in total. The molecule has 1 aliphatic carbocycles. The number of aryl methyl sites for hydroxylation is 2. The van der Waals surface area contributed by atoms with Gasteiger partial charge in [-0.2, -0.15) is 4.98 Å². The van der Waals surface area contributed by atoms with Gasteiger partial charge in [-0.15, -0.1) is 0 Å². The Hall–Kier alpha value is -2.97. The van der Waals surface area contributed by atoms with Crippen LogP contribution in [0.15, 0.2) is 53.4 Å². The number of aliphatic hydroxyl groups excluding tert-OH is 1. The number of rotatable bonds is 5. The summed E-state index contributed by atoms with van der Waals surface area (Å²) >= 11 is 0. The van der Waals surface area contributed by atoms with Crippen molar-refractivity contribution < 1.29 is 18.3 Å². The Morgan fingerprint density at radius 3 is 2.45 bits per heavy atom. The maximum atomic E-state index is 13.5. The van der Waals surface area contributed by atoms with Gasteiger partial charge in [0.05, 0.1) is 17.2 Å². The lowest BCUT2D eigenvalue weighted by molar-refractivity contribution is 0.0586. The van der Waals surface area contributed by atoms with E-state index in [1.54, 1.807) is 12.1 Å². The zero-order valence-electron chi connectivity index (χ0n) is 22.5. The molecule has 1 saturated carbocycles. The number of aliphatic hydroxyl groups is 1. The molecule has 5 rings (SSSR count). The number of ether oxygens (including phenoxy) is 1. The highest BCUT2D eigenvalue weighted by molar-refractivity contribution is 7.92. The minimum absolute atomic E-state index is 0.00660. The normalized spacial score (nSPS) is 24.4. The lowest BCUT2D eigenvalue weighted by Gasteiger charge is -2.44. The Balaban J connectivity index is 1.63. The number of nitrogens with one attached hydrogen (secondary N) is 1. The topological polar surface area (TPSA) is 101 Å². The Labute approximate surface area is 225 Å². The molecule has 38 heavy (non-hydrogen) atoms. The number of anilines is 1. The Morgan fingerprint density at radius 1 is 1.05 bits per heavy atom. The summed E-state index contributed by atoms with van der Waals surface area (Å²) in [5.74, 6) is 1.73. The summed E-state index contributed by atoms with van der Waals surface area (Å²) in [5, 5.41) is 9.68. The van der Waals surface area contributed by atoms with Crippen LogP contribution < -0.4 is 9.46 Å². The highest BCUT2D eigenvalue weighted by Crippen LogP contribution is 2.48. The molecule has 2 aliphatic rings. The molecule has 2 atom stereocenters. The van der Waals surface area contributed by atoms with Crippen LogP contribution in [0.1, 0.15) is 55.7 Å². The van der Waals surface area contributed by atoms with Crippen LogP contribution in [0.5, 0.6) is 5.88 Å². The van der Waals surface area contributed by atoms with Crippen molar-refractivity contribution in [1.82, 2.24) is 9.97 Å². The fourth-order valence-electron chi connectivity index (χ4n) is 6.23. The molecule has 1 aromatic heterocycles. The molecule has 2 N–H and O–H groups in total. The van der Waals surface area contributed by atoms with Gasteiger partial charge in [0.2, 0.25) is 11.8 Å². The number of aromatic nitrogens is 2. The van der Waals surface area contributed by atoms with E-state index in [1.807, 2.05) is 50.2 Å². The molecule has 0 saturated heterocycles. The number of hydrogen-bond acceptors (Lipinski definition) is 6. The van der Waals surface area contributed by atoms with Crippen molar-refractivity contribution in [3.63, 3.8) is 0 Å². The van der Waals surface area contributed by atoms with Gasteiger partial charge in [0.15, 0.2) is 0 Å². The number of hydrogen-bond donors (Lipinski definition) is 2. The largest absolute Gasteiger partial charge is 0.477 e. The van der Waals surface area contributed by atoms with Crippen molar-refractivity contribution in [2.45, 2.75) is 57.8 Å². The van der Waals surface area contributed by atoms with Gasteiger partial charge in [0.25, 0.3) is 10.0 Å². The highest BCUT2D eigenvalue weighted by Gasteiger charge is 2.40. The maximum absolute atomic E-state index is 13.5. The number of fused-ring (bicyclic) bond motifs is 4. The second-order valence-corrected chi connectivity index (χ2v) is 13.0. The van der Waals surface area contributed by atoms with Gasteiger partial charge in [0, 0.05) is 24.2 Å². The van der Waals surface area contributed by atoms with Crippen molar-refractivity contribution in [3.8, 4) is 17.1 Å². The van der Waals surface area contributed by atoms with Gasteiger partial charge >= 0.3 is 0 Å². The van der Waals surface area contributed by atoms with E-state index in [2.05, 4.69) is 28.5 Å². The molecule has 0 amide bonds. The van der Waals surface area contributed by atoms with E-state index in [4.69, 9.17) is 4.74 Å². The zero-order valence-corrected chi connectivity index (χ0v) is 23.3. The molecule has 1 aliphatic heterocycles. The minimum atomic E-state index is -3.93. The van der Waals surface area contributed by atoms with E-state index < -0.39 is 10.0 Å². The van der Waals surface area contributed by atoms with Crippen LogP contribution in [0.25, 0.3) is 11.3 Å². The Kier molecular flexibility index (Phi) is 7.47. The van der Waals surface area contributed by atoms with Crippen LogP contribution in [-0.2, 0) is 10.0 Å². The highest BCUT2D eigenvalue weighted by atomic mass is 32.2. The minimum Gasteiger partial charge on any atom is -0.477 e. The van der Waals surface area contributed by atoms with Crippen LogP contribution >= 0.6 is 0 Å². The van der Waals surface area contributed by atoms with Crippen LogP contribution in [0, 0.1) is 37.5 Å². The molecular formula is C30H37N3O4S. The smallest absolute Gasteiger partial charge is 0.264 e. The van der Waals surface area contributed by atoms with Gasteiger partial charge in [0.1, 0.15) is 0 Å². The molecule has 0 radical (unpaired) electrons. The molecule has 0 spiro atoms. The molecule has 8 heteroatoms. The third kappa shape index (κ3) is 5.43. The van der Waals surface area contributed by atoms with Crippen LogP contribution in [0.4, 0.5) is 5.95 Å². The number of sulfonamides is 1. The summed E-state index contributed by atoms with van der Waals surface area (Å²) in [7, 11) is -3.93. The van der Waals surface area contributed by atoms with Crippen LogP contribution in [-0.4, -0.2) is 36.7 Å². The standard InChI is InChI=1S/C30H37N3O4S/c1-18(2)11-24-17-37-27-15-26(28-19(3)7-5-8-20(28)4)31-30(32-27)33-38(35,36)25-10-6-9-22(14-25)29(24)23-12-21(13-23)16-34/h5-10,14-15,18,21,23-24,29,34H,11-13,16-17H2,1-4H3,(H,31,32,33)/t21-,23+,24-,29?/m1/s1. The van der Waals surface area contributed by atoms with Crippen LogP contribution in [0.2, 0.25) is 0 Å². The van der Waals surface area contributed by atoms with Crippen molar-refractivity contribution in [1.29, 1.82) is 0 Å². The van der Waals surface area contributed by atoms with Gasteiger partial charge in [-0.1, -0.05) is 44.2 Å². The second kappa shape index (κ2) is 10.7. The predicted octanol–water partition coefficient (Wildman–Crippen LogP) is 5.72. The first-order chi connectivity index (χ1) is 18.1. The van der Waals surface area contributed by atoms with E-state index >= 15 is 0 Å². The average molecular weight is 536 g/mol. The summed E-state index contributed by atoms with van der Waals surface area (Å²) in [5.41, 5.74) is 4.65. The van der Waals surface area contributed by atoms with Crippen molar-refractivity contribution >= 4 is 16.0 Å². The predicted molar refractivity (Wildman–Crippen MR) is 149 cm³/mol. The van der Waals surface area contributed by atoms with E-state index in [1.165, 1.54) is 0 Å². The molecule has 3 aromatic rings. The zero-order chi connectivity index (χ0) is 27.0. The van der Waals surface area contributed by atoms with E-state index in [0.29, 0.717) is 35.9 Å². The molecule has 1 unspecified atom stereocenters. The van der Waals surface area contributed by atoms with Crippen molar-refractivity contribution in [3.05, 3.63) is 65.2 Å². The summed E-state index contributed by atoms with van der Waals surface area (Å²) in [6, 6.07) is 15.1. The second-order valence-electron chi connectivity index (χ2n) is 11.4. The van der Waals surface area contributed by atoms with Crippen molar-refractivity contribution in [2.24, 2.45) is 23.7 Å². The van der Waals surface area contributed by atoms with E-state index in [-0.39, 0.29) is 29.3 Å². The summed E-state index contributed by atoms with van der Waals surface area (Å²) < 4.78 is 36.0. The monoisotopic (exact) mass is 535 g/mol. The first-order valence-corrected chi connectivity index (χ1v) is 14.9. The molecule has 2 aromatic carbocycles. The van der Waals surface area contributed by atoms with Crippen molar-refractivity contribution in [2.75, 3.05) is 17.9 Å². The number of benzene rings is 2. The summed E-state index contributed by atoms with van der Waals surface area (Å²) in [6.45, 7) is 9.09. The fraction of sp³-hybridized carbons (Fsp3) is 0.467. The quantitative estimate of drug-likeness (QED) is 0.433. The molecule has 4 bridgehead atoms. The third-order valence-corrected chi connectivity index (χ3v) is 9.31. The lowest BCUT2D eigenvalue weighted by Crippen LogP contribution is -2.37. The molecule has 202 valence electrons. The number of nitrogens with zero attached hydrogens (tertiary/aromatic N) is 2. The van der Waals surface area contributed by atoms with E-state index in [0.717, 1.165) is 41.5 Å². The van der Waals surface area contributed by atoms with Crippen LogP contribution in [0.3, 0.4) is 0 Å². The van der Waals surface area contributed by atoms with Gasteiger partial charge in [-0.25, -0.2) is 18.1 Å². The molecular weight excluding hydrogens is 498 g/mol. The van der Waals surface area contributed by atoms with Gasteiger partial charge < -0.3 is 9.84 Å². The summed E-state index contributed by atoms with van der Waals surface area (Å²) in [4.78, 5) is 9.28. The first-order valence-electron chi connectivity index (χ1n) is 13.5. The maximum Gasteiger partial charge on any atom is 0.264 e. The van der Waals surface area contributed by atoms with Gasteiger partial charge in [-0.05, 0) is 85.6 Å². The SMILES string of the molecule is Cc1cccc(C)c1-c1cc2nc(n1)NS(=O)(=O)c1cccc(c1)C([C@H]1C[C@@H](CO)C1)[C@H](CC(C)C)CO2. The third-order valence-electron chi connectivity index (χ3n) is 7.98. The van der Waals surface area contributed by atoms with Gasteiger partial charge in [-0.3, -0.25) is 0 Å². The Bertz CT molecular complexity index is 1400. The lowest BCUT2D eigenvalue weighted by atomic mass is 9.62. The summed E-state index contributed by atoms with van der Waals surface area (Å²) in [6.07, 6.45) is 2.79. The average Bonchev–Trinajstić information content (AvgIpc) is 2.83. The Morgan fingerprint density at radius 2 is 1.76 bits per heavy atom.